The number of hydrogen-bond acceptors (Lipinski definition) is 2. The number of carbonyl (C=O) groups excluding carboxylic acids is 1. The first kappa shape index (κ1) is 12.5. The Labute approximate surface area is 105 Å². The van der Waals surface area contributed by atoms with Gasteiger partial charge in [0.25, 0.3) is 0 Å². The van der Waals surface area contributed by atoms with Crippen molar-refractivity contribution in [2.24, 2.45) is 11.1 Å². The predicted molar refractivity (Wildman–Crippen MR) is 65.7 cm³/mol. The molecular weight excluding hydrogens is 241 g/mol. The summed E-state index contributed by atoms with van der Waals surface area (Å²) in [6.07, 6.45) is 2.49. The number of nitrogens with two attached hydrogens (primary N) is 1. The summed E-state index contributed by atoms with van der Waals surface area (Å²) in [6, 6.07) is 3.68. The van der Waals surface area contributed by atoms with Crippen LogP contribution in [0.4, 0.5) is 4.39 Å². The van der Waals surface area contributed by atoms with Gasteiger partial charge in [-0.1, -0.05) is 24.9 Å². The van der Waals surface area contributed by atoms with Crippen molar-refractivity contribution in [3.05, 3.63) is 34.6 Å². The highest BCUT2D eigenvalue weighted by molar-refractivity contribution is 6.34. The maximum absolute atomic E-state index is 13.2. The summed E-state index contributed by atoms with van der Waals surface area (Å²) in [5.74, 6) is -0.597. The third-order valence-electron chi connectivity index (χ3n) is 3.72. The average Bonchev–Trinajstić information content (AvgIpc) is 2.63. The van der Waals surface area contributed by atoms with Crippen LogP contribution in [0, 0.1) is 11.2 Å². The van der Waals surface area contributed by atoms with Gasteiger partial charge >= 0.3 is 0 Å². The van der Waals surface area contributed by atoms with Gasteiger partial charge in [-0.05, 0) is 31.0 Å². The van der Waals surface area contributed by atoms with E-state index in [0.717, 1.165) is 19.3 Å². The molecule has 1 aromatic carbocycles. The minimum Gasteiger partial charge on any atom is -0.327 e. The maximum atomic E-state index is 13.2. The number of ketones is 1. The molecule has 2 rings (SSSR count). The number of hydrogen-bond donors (Lipinski definition) is 1. The highest BCUT2D eigenvalue weighted by Crippen LogP contribution is 2.40. The second-order valence-corrected chi connectivity index (χ2v) is 5.28. The molecule has 2 atom stereocenters. The van der Waals surface area contributed by atoms with Crippen molar-refractivity contribution in [1.82, 2.24) is 0 Å². The second kappa shape index (κ2) is 4.39. The van der Waals surface area contributed by atoms with Crippen molar-refractivity contribution in [2.45, 2.75) is 32.2 Å². The van der Waals surface area contributed by atoms with Gasteiger partial charge in [-0.15, -0.1) is 0 Å². The van der Waals surface area contributed by atoms with E-state index >= 15 is 0 Å². The molecule has 0 radical (unpaired) electrons. The molecule has 92 valence electrons. The van der Waals surface area contributed by atoms with E-state index in [1.807, 2.05) is 6.92 Å². The fourth-order valence-electron chi connectivity index (χ4n) is 2.45. The molecule has 0 saturated heterocycles. The van der Waals surface area contributed by atoms with Crippen LogP contribution in [0.15, 0.2) is 18.2 Å². The summed E-state index contributed by atoms with van der Waals surface area (Å²) in [6.45, 7) is 1.84. The van der Waals surface area contributed by atoms with E-state index in [1.54, 1.807) is 0 Å². The Hall–Kier alpha value is -0.930. The summed E-state index contributed by atoms with van der Waals surface area (Å²) in [5, 5.41) is 0.289. The lowest BCUT2D eigenvalue weighted by molar-refractivity contribution is 0.0802. The summed E-state index contributed by atoms with van der Waals surface area (Å²) >= 11 is 5.95. The molecule has 0 bridgehead atoms. The van der Waals surface area contributed by atoms with Crippen LogP contribution in [0.3, 0.4) is 0 Å². The SMILES string of the molecule is CC1(C(=O)c2cc(F)ccc2Cl)CCCC1N. The zero-order valence-corrected chi connectivity index (χ0v) is 10.4. The Kier molecular flexibility index (Phi) is 3.23. The highest BCUT2D eigenvalue weighted by Gasteiger charge is 2.43. The standard InChI is InChI=1S/C13H15ClFNO/c1-13(6-2-3-11(13)16)12(17)9-7-8(15)4-5-10(9)14/h4-5,7,11H,2-3,6,16H2,1H3. The molecule has 2 unspecified atom stereocenters. The molecule has 1 aromatic rings. The highest BCUT2D eigenvalue weighted by atomic mass is 35.5. The molecule has 0 aliphatic heterocycles. The van der Waals surface area contributed by atoms with Gasteiger partial charge in [0.2, 0.25) is 0 Å². The molecule has 4 heteroatoms. The lowest BCUT2D eigenvalue weighted by Crippen LogP contribution is -2.41. The summed E-state index contributed by atoms with van der Waals surface area (Å²) in [7, 11) is 0. The number of carbonyl (C=O) groups is 1. The third kappa shape index (κ3) is 2.09. The zero-order chi connectivity index (χ0) is 12.6. The Bertz CT molecular complexity index is 463. The van der Waals surface area contributed by atoms with Crippen molar-refractivity contribution in [3.63, 3.8) is 0 Å². The molecule has 0 amide bonds. The van der Waals surface area contributed by atoms with Crippen LogP contribution in [0.25, 0.3) is 0 Å². The van der Waals surface area contributed by atoms with Crippen LogP contribution in [-0.4, -0.2) is 11.8 Å². The Morgan fingerprint density at radius 3 is 2.88 bits per heavy atom. The normalized spacial score (nSPS) is 28.4. The van der Waals surface area contributed by atoms with E-state index in [1.165, 1.54) is 18.2 Å². The van der Waals surface area contributed by atoms with E-state index in [2.05, 4.69) is 0 Å². The average molecular weight is 256 g/mol. The lowest BCUT2D eigenvalue weighted by Gasteiger charge is -2.27. The smallest absolute Gasteiger partial charge is 0.171 e. The fourth-order valence-corrected chi connectivity index (χ4v) is 2.66. The molecule has 1 saturated carbocycles. The third-order valence-corrected chi connectivity index (χ3v) is 4.05. The summed E-state index contributed by atoms with van der Waals surface area (Å²) < 4.78 is 13.2. The van der Waals surface area contributed by atoms with E-state index in [4.69, 9.17) is 17.3 Å². The molecule has 1 fully saturated rings. The van der Waals surface area contributed by atoms with Gasteiger partial charge in [0.1, 0.15) is 5.82 Å². The Morgan fingerprint density at radius 1 is 1.59 bits per heavy atom. The van der Waals surface area contributed by atoms with Gasteiger partial charge in [0.15, 0.2) is 5.78 Å². The van der Waals surface area contributed by atoms with Crippen molar-refractivity contribution in [2.75, 3.05) is 0 Å². The summed E-state index contributed by atoms with van der Waals surface area (Å²) in [4.78, 5) is 12.4. The van der Waals surface area contributed by atoms with Crippen LogP contribution < -0.4 is 5.73 Å². The van der Waals surface area contributed by atoms with Crippen molar-refractivity contribution >= 4 is 17.4 Å². The van der Waals surface area contributed by atoms with Crippen LogP contribution in [0.2, 0.25) is 5.02 Å². The fraction of sp³-hybridized carbons (Fsp3) is 0.462. The van der Waals surface area contributed by atoms with Gasteiger partial charge in [0, 0.05) is 17.0 Å². The van der Waals surface area contributed by atoms with Gasteiger partial charge in [-0.3, -0.25) is 4.79 Å². The Morgan fingerprint density at radius 2 is 2.29 bits per heavy atom. The molecule has 2 nitrogen and oxygen atoms in total. The Balaban J connectivity index is 2.40. The van der Waals surface area contributed by atoms with Crippen LogP contribution >= 0.6 is 11.6 Å². The zero-order valence-electron chi connectivity index (χ0n) is 9.67. The van der Waals surface area contributed by atoms with Gasteiger partial charge < -0.3 is 5.73 Å². The van der Waals surface area contributed by atoms with Gasteiger partial charge in [0.05, 0.1) is 5.02 Å². The number of rotatable bonds is 2. The number of Topliss-reactive ketones (excluding diaryl/α,β-unsaturated/α-hetero) is 1. The molecule has 17 heavy (non-hydrogen) atoms. The minimum atomic E-state index is -0.614. The van der Waals surface area contributed by atoms with E-state index < -0.39 is 11.2 Å². The molecule has 0 aromatic heterocycles. The molecule has 1 aliphatic carbocycles. The molecule has 2 N–H and O–H groups in total. The molecular formula is C13H15ClFNO. The van der Waals surface area contributed by atoms with E-state index in [-0.39, 0.29) is 22.4 Å². The molecule has 0 heterocycles. The maximum Gasteiger partial charge on any atom is 0.171 e. The van der Waals surface area contributed by atoms with Crippen molar-refractivity contribution in [1.29, 1.82) is 0 Å². The molecule has 1 aliphatic rings. The predicted octanol–water partition coefficient (Wildman–Crippen LogP) is 3.18. The number of benzene rings is 1. The van der Waals surface area contributed by atoms with E-state index in [0.29, 0.717) is 0 Å². The summed E-state index contributed by atoms with van der Waals surface area (Å²) in [5.41, 5.74) is 5.61. The van der Waals surface area contributed by atoms with Crippen LogP contribution in [0.5, 0.6) is 0 Å². The first-order chi connectivity index (χ1) is 7.95. The minimum absolute atomic E-state index is 0.146. The largest absolute Gasteiger partial charge is 0.327 e. The monoisotopic (exact) mass is 255 g/mol. The van der Waals surface area contributed by atoms with E-state index in [9.17, 15) is 9.18 Å². The lowest BCUT2D eigenvalue weighted by atomic mass is 9.78. The second-order valence-electron chi connectivity index (χ2n) is 4.87. The number of halogens is 2. The topological polar surface area (TPSA) is 43.1 Å². The molecule has 0 spiro atoms. The van der Waals surface area contributed by atoms with Crippen molar-refractivity contribution in [3.8, 4) is 0 Å². The van der Waals surface area contributed by atoms with Crippen LogP contribution in [-0.2, 0) is 0 Å². The quantitative estimate of drug-likeness (QED) is 0.825. The first-order valence-corrected chi connectivity index (χ1v) is 6.08. The first-order valence-electron chi connectivity index (χ1n) is 5.70. The van der Waals surface area contributed by atoms with Gasteiger partial charge in [-0.2, -0.15) is 0 Å². The van der Waals surface area contributed by atoms with Gasteiger partial charge in [-0.25, -0.2) is 4.39 Å². The van der Waals surface area contributed by atoms with Crippen LogP contribution in [0.1, 0.15) is 36.5 Å². The van der Waals surface area contributed by atoms with Crippen molar-refractivity contribution < 1.29 is 9.18 Å².